The maximum Gasteiger partial charge on any atom is 0.401 e. The molecule has 0 aromatic carbocycles. The van der Waals surface area contributed by atoms with E-state index in [9.17, 15) is 18.0 Å². The average Bonchev–Trinajstić information content (AvgIpc) is 2.98. The highest BCUT2D eigenvalue weighted by Crippen LogP contribution is 2.33. The number of alkyl halides is 3. The topological polar surface area (TPSA) is 20.3 Å². The molecule has 100 valence electrons. The van der Waals surface area contributed by atoms with Crippen LogP contribution in [0.25, 0.3) is 0 Å². The highest BCUT2D eigenvalue weighted by atomic mass is 19.4. The molecule has 0 bridgehead atoms. The van der Waals surface area contributed by atoms with Crippen molar-refractivity contribution in [2.24, 2.45) is 5.41 Å². The molecule has 0 aliphatic heterocycles. The fourth-order valence-corrected chi connectivity index (χ4v) is 2.19. The summed E-state index contributed by atoms with van der Waals surface area (Å²) in [5, 5.41) is 0. The first-order valence-electron chi connectivity index (χ1n) is 6.07. The van der Waals surface area contributed by atoms with E-state index in [2.05, 4.69) is 0 Å². The van der Waals surface area contributed by atoms with E-state index in [1.165, 1.54) is 4.90 Å². The van der Waals surface area contributed by atoms with Gasteiger partial charge in [-0.05, 0) is 19.3 Å². The largest absolute Gasteiger partial charge is 0.401 e. The molecule has 1 fully saturated rings. The minimum absolute atomic E-state index is 0.0211. The molecule has 1 aliphatic carbocycles. The van der Waals surface area contributed by atoms with Gasteiger partial charge < -0.3 is 4.79 Å². The summed E-state index contributed by atoms with van der Waals surface area (Å²) in [6.07, 6.45) is -0.299. The number of hydrogen-bond donors (Lipinski definition) is 0. The first kappa shape index (κ1) is 14.5. The summed E-state index contributed by atoms with van der Waals surface area (Å²) in [5.74, 6) is 0. The van der Waals surface area contributed by atoms with Gasteiger partial charge >= 0.3 is 6.18 Å². The van der Waals surface area contributed by atoms with Crippen molar-refractivity contribution in [3.63, 3.8) is 0 Å². The zero-order chi connectivity index (χ0) is 13.1. The van der Waals surface area contributed by atoms with Gasteiger partial charge in [-0.3, -0.25) is 4.90 Å². The van der Waals surface area contributed by atoms with Crippen LogP contribution >= 0.6 is 0 Å². The summed E-state index contributed by atoms with van der Waals surface area (Å²) in [6.45, 7) is 3.00. The lowest BCUT2D eigenvalue weighted by atomic mass is 9.86. The van der Waals surface area contributed by atoms with Gasteiger partial charge in [-0.1, -0.05) is 20.3 Å². The summed E-state index contributed by atoms with van der Waals surface area (Å²) in [4.78, 5) is 12.5. The van der Waals surface area contributed by atoms with Crippen LogP contribution in [0.15, 0.2) is 0 Å². The normalized spacial score (nSPS) is 20.4. The van der Waals surface area contributed by atoms with Crippen LogP contribution in [0, 0.1) is 5.41 Å². The molecule has 0 aromatic heterocycles. The molecule has 0 heterocycles. The van der Waals surface area contributed by atoms with Crippen molar-refractivity contribution in [3.8, 4) is 0 Å². The van der Waals surface area contributed by atoms with Crippen molar-refractivity contribution < 1.29 is 18.0 Å². The SMILES string of the molecule is CCCC(C)(C=O)CN(CC(F)(F)F)C1CC1. The van der Waals surface area contributed by atoms with Gasteiger partial charge in [0, 0.05) is 18.0 Å². The van der Waals surface area contributed by atoms with E-state index in [0.29, 0.717) is 6.42 Å². The minimum Gasteiger partial charge on any atom is -0.303 e. The fourth-order valence-electron chi connectivity index (χ4n) is 2.19. The van der Waals surface area contributed by atoms with Crippen LogP contribution in [0.3, 0.4) is 0 Å². The van der Waals surface area contributed by atoms with Crippen LogP contribution in [-0.2, 0) is 4.79 Å². The number of halogens is 3. The van der Waals surface area contributed by atoms with Gasteiger partial charge in [0.05, 0.1) is 6.54 Å². The molecular weight excluding hydrogens is 231 g/mol. The van der Waals surface area contributed by atoms with E-state index in [4.69, 9.17) is 0 Å². The van der Waals surface area contributed by atoms with Crippen LogP contribution < -0.4 is 0 Å². The third-order valence-electron chi connectivity index (χ3n) is 3.12. The van der Waals surface area contributed by atoms with Crippen molar-refractivity contribution >= 4 is 6.29 Å². The van der Waals surface area contributed by atoms with Crippen molar-refractivity contribution in [2.75, 3.05) is 13.1 Å². The van der Waals surface area contributed by atoms with Crippen LogP contribution in [0.1, 0.15) is 39.5 Å². The van der Waals surface area contributed by atoms with E-state index in [1.807, 2.05) is 6.92 Å². The molecule has 0 N–H and O–H groups in total. The second-order valence-electron chi connectivity index (χ2n) is 5.27. The number of carbonyl (C=O) groups excluding carboxylic acids is 1. The molecule has 1 unspecified atom stereocenters. The van der Waals surface area contributed by atoms with Crippen LogP contribution in [-0.4, -0.2) is 36.5 Å². The van der Waals surface area contributed by atoms with Crippen molar-refractivity contribution in [1.29, 1.82) is 0 Å². The summed E-state index contributed by atoms with van der Waals surface area (Å²) in [6, 6.07) is 0.0211. The lowest BCUT2D eigenvalue weighted by Crippen LogP contribution is -2.43. The molecule has 0 saturated heterocycles. The summed E-state index contributed by atoms with van der Waals surface area (Å²) >= 11 is 0. The molecule has 1 atom stereocenters. The lowest BCUT2D eigenvalue weighted by molar-refractivity contribution is -0.151. The number of nitrogens with zero attached hydrogens (tertiary/aromatic N) is 1. The van der Waals surface area contributed by atoms with E-state index in [1.54, 1.807) is 6.92 Å². The predicted molar refractivity (Wildman–Crippen MR) is 59.7 cm³/mol. The van der Waals surface area contributed by atoms with E-state index in [-0.39, 0.29) is 12.6 Å². The third-order valence-corrected chi connectivity index (χ3v) is 3.12. The fraction of sp³-hybridized carbons (Fsp3) is 0.917. The number of rotatable bonds is 7. The average molecular weight is 251 g/mol. The highest BCUT2D eigenvalue weighted by Gasteiger charge is 2.40. The predicted octanol–water partition coefficient (Wildman–Crippen LogP) is 3.02. The Morgan fingerprint density at radius 3 is 2.24 bits per heavy atom. The Bertz CT molecular complexity index is 263. The third kappa shape index (κ3) is 5.06. The molecule has 0 radical (unpaired) electrons. The van der Waals surface area contributed by atoms with Gasteiger partial charge in [-0.15, -0.1) is 0 Å². The van der Waals surface area contributed by atoms with Crippen LogP contribution in [0.2, 0.25) is 0 Å². The van der Waals surface area contributed by atoms with Gasteiger partial charge in [0.2, 0.25) is 0 Å². The number of hydrogen-bond acceptors (Lipinski definition) is 2. The van der Waals surface area contributed by atoms with Gasteiger partial charge in [0.25, 0.3) is 0 Å². The summed E-state index contributed by atoms with van der Waals surface area (Å²) in [5.41, 5.74) is -0.650. The molecule has 17 heavy (non-hydrogen) atoms. The Kier molecular flexibility index (Phi) is 4.58. The Hall–Kier alpha value is -0.580. The Morgan fingerprint density at radius 1 is 1.29 bits per heavy atom. The van der Waals surface area contributed by atoms with E-state index >= 15 is 0 Å². The Labute approximate surface area is 100 Å². The first-order valence-corrected chi connectivity index (χ1v) is 6.07. The van der Waals surface area contributed by atoms with Gasteiger partial charge in [0.1, 0.15) is 6.29 Å². The molecule has 5 heteroatoms. The van der Waals surface area contributed by atoms with Crippen molar-refractivity contribution in [3.05, 3.63) is 0 Å². The standard InChI is InChI=1S/C12H20F3NO/c1-3-6-11(2,9-17)7-16(10-4-5-10)8-12(13,14)15/h9-10H,3-8H2,1-2H3. The van der Waals surface area contributed by atoms with Gasteiger partial charge in [0.15, 0.2) is 0 Å². The monoisotopic (exact) mass is 251 g/mol. The number of carbonyl (C=O) groups is 1. The first-order chi connectivity index (χ1) is 7.79. The lowest BCUT2D eigenvalue weighted by Gasteiger charge is -2.32. The maximum atomic E-state index is 12.4. The van der Waals surface area contributed by atoms with Crippen molar-refractivity contribution in [2.45, 2.75) is 51.7 Å². The van der Waals surface area contributed by atoms with Crippen molar-refractivity contribution in [1.82, 2.24) is 4.90 Å². The Balaban J connectivity index is 2.62. The molecule has 2 nitrogen and oxygen atoms in total. The summed E-state index contributed by atoms with van der Waals surface area (Å²) < 4.78 is 37.3. The van der Waals surface area contributed by atoms with Gasteiger partial charge in [-0.25, -0.2) is 0 Å². The Morgan fingerprint density at radius 2 is 1.88 bits per heavy atom. The van der Waals surface area contributed by atoms with E-state index < -0.39 is 18.1 Å². The van der Waals surface area contributed by atoms with E-state index in [0.717, 1.165) is 25.5 Å². The minimum atomic E-state index is -4.18. The molecule has 0 aromatic rings. The van der Waals surface area contributed by atoms with Crippen LogP contribution in [0.5, 0.6) is 0 Å². The second kappa shape index (κ2) is 5.38. The molecule has 0 amide bonds. The molecule has 1 aliphatic rings. The molecule has 1 saturated carbocycles. The summed E-state index contributed by atoms with van der Waals surface area (Å²) in [7, 11) is 0. The molecule has 0 spiro atoms. The maximum absolute atomic E-state index is 12.4. The van der Waals surface area contributed by atoms with Crippen LogP contribution in [0.4, 0.5) is 13.2 Å². The quantitative estimate of drug-likeness (QED) is 0.648. The molecule has 1 rings (SSSR count). The smallest absolute Gasteiger partial charge is 0.303 e. The molecular formula is C12H20F3NO. The number of aldehydes is 1. The van der Waals surface area contributed by atoms with Gasteiger partial charge in [-0.2, -0.15) is 13.2 Å². The second-order valence-corrected chi connectivity index (χ2v) is 5.27. The zero-order valence-electron chi connectivity index (χ0n) is 10.4. The zero-order valence-corrected chi connectivity index (χ0v) is 10.4. The highest BCUT2D eigenvalue weighted by molar-refractivity contribution is 5.59.